The molecule has 5 fully saturated rings. The third-order valence-corrected chi connectivity index (χ3v) is 11.2. The Bertz CT molecular complexity index is 1130. The molecule has 240 valence electrons. The van der Waals surface area contributed by atoms with Gasteiger partial charge in [-0.15, -0.1) is 0 Å². The molecule has 43 heavy (non-hydrogen) atoms. The van der Waals surface area contributed by atoms with E-state index in [1.54, 1.807) is 0 Å². The third kappa shape index (κ3) is 5.59. The number of anilines is 2. The standard InChI is InChI=1S/C32H54N8O3/c1-4-11-32-29(30(33)34-16-36-32)35-17-40(32)31-28(42)27(41)25(43-31)15-39(18(2)3)22-12-19(13-22)5-10-26-37-23-9-8-21(20-6-7-20)14-24(23)38-26/h8-9,14,18-20,22,25-31,34-38,41-42H,4-7,10-13,15-17,33H2,1-3H3/t19?,22?,25-,26?,27-,28-,29?,30?,31-,32?/m1/s1. The van der Waals surface area contributed by atoms with Crippen LogP contribution in [0.25, 0.3) is 0 Å². The zero-order chi connectivity index (χ0) is 29.9. The van der Waals surface area contributed by atoms with Crippen molar-refractivity contribution in [3.05, 3.63) is 23.8 Å². The van der Waals surface area contributed by atoms with Crippen molar-refractivity contribution in [3.8, 4) is 0 Å². The maximum Gasteiger partial charge on any atom is 0.142 e. The summed E-state index contributed by atoms with van der Waals surface area (Å²) < 4.78 is 6.55. The Kier molecular flexibility index (Phi) is 8.41. The van der Waals surface area contributed by atoms with Crippen molar-refractivity contribution < 1.29 is 14.9 Å². The van der Waals surface area contributed by atoms with Crippen LogP contribution in [0.5, 0.6) is 0 Å². The molecule has 0 bridgehead atoms. The fourth-order valence-corrected chi connectivity index (χ4v) is 8.62. The molecule has 2 saturated carbocycles. The van der Waals surface area contributed by atoms with E-state index in [4.69, 9.17) is 10.5 Å². The van der Waals surface area contributed by atoms with E-state index < -0.39 is 30.2 Å². The maximum absolute atomic E-state index is 11.3. The minimum absolute atomic E-state index is 0.0173. The normalized spacial score (nSPS) is 40.8. The number of aliphatic hydroxyl groups excluding tert-OH is 2. The first-order valence-corrected chi connectivity index (χ1v) is 17.0. The van der Waals surface area contributed by atoms with Gasteiger partial charge in [-0.3, -0.25) is 20.9 Å². The average Bonchev–Trinajstić information content (AvgIpc) is 3.54. The van der Waals surface area contributed by atoms with Gasteiger partial charge in [-0.25, -0.2) is 4.90 Å². The van der Waals surface area contributed by atoms with Crippen LogP contribution in [0.4, 0.5) is 11.4 Å². The Morgan fingerprint density at radius 3 is 2.63 bits per heavy atom. The summed E-state index contributed by atoms with van der Waals surface area (Å²) in [5.74, 6) is 1.49. The lowest BCUT2D eigenvalue weighted by atomic mass is 9.76. The van der Waals surface area contributed by atoms with Crippen molar-refractivity contribution >= 4 is 11.4 Å². The molecule has 11 nitrogen and oxygen atoms in total. The van der Waals surface area contributed by atoms with E-state index in [9.17, 15) is 10.2 Å². The third-order valence-electron chi connectivity index (χ3n) is 11.2. The van der Waals surface area contributed by atoms with Gasteiger partial charge in [0.25, 0.3) is 0 Å². The van der Waals surface area contributed by atoms with Gasteiger partial charge in [0.2, 0.25) is 0 Å². The Morgan fingerprint density at radius 1 is 1.09 bits per heavy atom. The van der Waals surface area contributed by atoms with E-state index in [0.29, 0.717) is 44.0 Å². The molecule has 0 amide bonds. The number of hydrogen-bond acceptors (Lipinski definition) is 11. The van der Waals surface area contributed by atoms with Crippen LogP contribution >= 0.6 is 0 Å². The molecule has 4 unspecified atom stereocenters. The Balaban J connectivity index is 0.922. The number of nitrogens with zero attached hydrogens (tertiary/aromatic N) is 2. The fraction of sp³-hybridized carbons (Fsp3) is 0.812. The molecule has 6 aliphatic rings. The first-order chi connectivity index (χ1) is 20.8. The van der Waals surface area contributed by atoms with Gasteiger partial charge in [-0.1, -0.05) is 19.4 Å². The summed E-state index contributed by atoms with van der Waals surface area (Å²) in [6, 6.07) is 7.68. The van der Waals surface area contributed by atoms with Gasteiger partial charge in [-0.2, -0.15) is 0 Å². The van der Waals surface area contributed by atoms with Crippen LogP contribution in [0, 0.1) is 5.92 Å². The van der Waals surface area contributed by atoms with E-state index in [1.807, 2.05) is 0 Å². The summed E-state index contributed by atoms with van der Waals surface area (Å²) in [5.41, 5.74) is 9.99. The van der Waals surface area contributed by atoms with Gasteiger partial charge in [0.1, 0.15) is 24.5 Å². The topological polar surface area (TPSA) is 142 Å². The molecule has 4 heterocycles. The molecule has 4 aliphatic heterocycles. The highest BCUT2D eigenvalue weighted by Crippen LogP contribution is 2.44. The minimum atomic E-state index is -0.980. The SMILES string of the molecule is CCCC12NCNC(N)C1NCN2[C@@H]1O[C@H](CN(C(C)C)C2CC(CCC3Nc4ccc(C5CC5)cc4N3)C2)[C@@H](O)[C@H]1O. The molecule has 9 N–H and O–H groups in total. The fourth-order valence-electron chi connectivity index (χ4n) is 8.62. The lowest BCUT2D eigenvalue weighted by Crippen LogP contribution is -2.76. The van der Waals surface area contributed by atoms with Crippen LogP contribution in [0.2, 0.25) is 0 Å². The Labute approximate surface area is 256 Å². The highest BCUT2D eigenvalue weighted by molar-refractivity contribution is 5.75. The lowest BCUT2D eigenvalue weighted by Gasteiger charge is -2.49. The Hall–Kier alpha value is -1.54. The highest BCUT2D eigenvalue weighted by atomic mass is 16.6. The molecule has 2 aliphatic carbocycles. The minimum Gasteiger partial charge on any atom is -0.387 e. The average molecular weight is 599 g/mol. The zero-order valence-corrected chi connectivity index (χ0v) is 26.1. The summed E-state index contributed by atoms with van der Waals surface area (Å²) in [6.07, 6.45) is 6.32. The second-order valence-corrected chi connectivity index (χ2v) is 14.4. The number of benzene rings is 1. The lowest BCUT2D eigenvalue weighted by molar-refractivity contribution is -0.141. The van der Waals surface area contributed by atoms with Crippen LogP contribution in [-0.2, 0) is 4.74 Å². The van der Waals surface area contributed by atoms with Crippen molar-refractivity contribution in [2.75, 3.05) is 30.5 Å². The number of hydrogen-bond donors (Lipinski definition) is 8. The van der Waals surface area contributed by atoms with Crippen molar-refractivity contribution in [1.82, 2.24) is 25.8 Å². The summed E-state index contributed by atoms with van der Waals surface area (Å²) in [7, 11) is 0. The number of nitrogens with one attached hydrogen (secondary N) is 5. The van der Waals surface area contributed by atoms with Crippen LogP contribution in [0.15, 0.2) is 18.2 Å². The van der Waals surface area contributed by atoms with E-state index in [0.717, 1.165) is 25.2 Å². The smallest absolute Gasteiger partial charge is 0.142 e. The molecule has 11 heteroatoms. The van der Waals surface area contributed by atoms with Gasteiger partial charge >= 0.3 is 0 Å². The van der Waals surface area contributed by atoms with E-state index in [1.165, 1.54) is 49.0 Å². The molecule has 0 spiro atoms. The van der Waals surface area contributed by atoms with E-state index >= 15 is 0 Å². The predicted molar refractivity (Wildman–Crippen MR) is 168 cm³/mol. The number of ether oxygens (including phenoxy) is 1. The molecule has 1 aromatic rings. The van der Waals surface area contributed by atoms with Crippen LogP contribution < -0.4 is 32.3 Å². The molecule has 7 rings (SSSR count). The largest absolute Gasteiger partial charge is 0.387 e. The highest BCUT2D eigenvalue weighted by Gasteiger charge is 2.59. The molecule has 0 radical (unpaired) electrons. The van der Waals surface area contributed by atoms with Gasteiger partial charge in [0.05, 0.1) is 42.1 Å². The summed E-state index contributed by atoms with van der Waals surface area (Å²) in [4.78, 5) is 4.66. The van der Waals surface area contributed by atoms with Crippen molar-refractivity contribution in [1.29, 1.82) is 0 Å². The first-order valence-electron chi connectivity index (χ1n) is 17.0. The van der Waals surface area contributed by atoms with Gasteiger partial charge in [0, 0.05) is 25.3 Å². The Morgan fingerprint density at radius 2 is 1.88 bits per heavy atom. The van der Waals surface area contributed by atoms with Crippen LogP contribution in [-0.4, -0.2) is 101 Å². The molecule has 8 atom stereocenters. The van der Waals surface area contributed by atoms with Crippen molar-refractivity contribution in [3.63, 3.8) is 0 Å². The maximum atomic E-state index is 11.3. The number of fused-ring (bicyclic) bond motifs is 2. The quantitative estimate of drug-likeness (QED) is 0.188. The number of aliphatic hydroxyl groups is 2. The summed E-state index contributed by atoms with van der Waals surface area (Å²) in [5, 5.41) is 40.3. The summed E-state index contributed by atoms with van der Waals surface area (Å²) in [6.45, 7) is 8.38. The summed E-state index contributed by atoms with van der Waals surface area (Å²) >= 11 is 0. The van der Waals surface area contributed by atoms with Crippen molar-refractivity contribution in [2.24, 2.45) is 11.7 Å². The van der Waals surface area contributed by atoms with Gasteiger partial charge < -0.3 is 31.3 Å². The van der Waals surface area contributed by atoms with Crippen LogP contribution in [0.1, 0.15) is 83.6 Å². The molecule has 0 aromatic heterocycles. The van der Waals surface area contributed by atoms with E-state index in [2.05, 4.69) is 75.4 Å². The molecule has 1 aromatic carbocycles. The molecular formula is C32H54N8O3. The second kappa shape index (κ2) is 12.0. The van der Waals surface area contributed by atoms with E-state index in [-0.39, 0.29) is 12.2 Å². The number of rotatable bonds is 11. The number of nitrogens with two attached hydrogens (primary N) is 1. The predicted octanol–water partition coefficient (Wildman–Crippen LogP) is 1.61. The van der Waals surface area contributed by atoms with Crippen LogP contribution in [0.3, 0.4) is 0 Å². The monoisotopic (exact) mass is 598 g/mol. The van der Waals surface area contributed by atoms with Gasteiger partial charge in [-0.05, 0) is 88.3 Å². The molecular weight excluding hydrogens is 544 g/mol. The van der Waals surface area contributed by atoms with Crippen molar-refractivity contribution in [2.45, 2.75) is 139 Å². The zero-order valence-electron chi connectivity index (χ0n) is 26.1. The first kappa shape index (κ1) is 30.1. The molecule has 3 saturated heterocycles. The second-order valence-electron chi connectivity index (χ2n) is 14.4. The van der Waals surface area contributed by atoms with Gasteiger partial charge in [0.15, 0.2) is 0 Å².